The molecule has 2 N–H and O–H groups in total. The normalized spacial score (nSPS) is 10.6. The highest BCUT2D eigenvalue weighted by atomic mass is 16.4. The van der Waals surface area contributed by atoms with E-state index in [2.05, 4.69) is 60.7 Å². The molecule has 1 radical (unpaired) electrons. The molecule has 3 aromatic rings. The zero-order valence-electron chi connectivity index (χ0n) is 10.2. The van der Waals surface area contributed by atoms with Crippen molar-refractivity contribution < 1.29 is 10.0 Å². The SMILES string of the molecule is O[B]O.c1ccc2c(c1)-c1cccc3cccc-2c13. The lowest BCUT2D eigenvalue weighted by Crippen LogP contribution is -1.75. The molecular formula is C16H12BO2. The third kappa shape index (κ3) is 1.84. The van der Waals surface area contributed by atoms with Gasteiger partial charge in [-0.05, 0) is 33.0 Å². The van der Waals surface area contributed by atoms with Crippen LogP contribution in [0.5, 0.6) is 0 Å². The Labute approximate surface area is 112 Å². The van der Waals surface area contributed by atoms with E-state index in [-0.39, 0.29) is 7.69 Å². The number of hydrogen-bond donors (Lipinski definition) is 2. The molecule has 4 rings (SSSR count). The summed E-state index contributed by atoms with van der Waals surface area (Å²) in [6.45, 7) is 0. The first-order valence-corrected chi connectivity index (χ1v) is 6.08. The summed E-state index contributed by atoms with van der Waals surface area (Å²) >= 11 is 0. The summed E-state index contributed by atoms with van der Waals surface area (Å²) in [6, 6.07) is 21.8. The van der Waals surface area contributed by atoms with E-state index in [0.717, 1.165) is 0 Å². The summed E-state index contributed by atoms with van der Waals surface area (Å²) in [4.78, 5) is 0. The van der Waals surface area contributed by atoms with Crippen LogP contribution in [0.15, 0.2) is 60.7 Å². The first kappa shape index (κ1) is 12.0. The van der Waals surface area contributed by atoms with Crippen LogP contribution in [0.1, 0.15) is 0 Å². The van der Waals surface area contributed by atoms with Gasteiger partial charge in [0.05, 0.1) is 0 Å². The first-order chi connectivity index (χ1) is 9.36. The smallest absolute Gasteiger partial charge is 0.429 e. The van der Waals surface area contributed by atoms with Gasteiger partial charge in [-0.3, -0.25) is 0 Å². The van der Waals surface area contributed by atoms with Crippen molar-refractivity contribution in [1.82, 2.24) is 0 Å². The zero-order valence-corrected chi connectivity index (χ0v) is 10.2. The maximum Gasteiger partial charge on any atom is 0.482 e. The Morgan fingerprint density at radius 3 is 1.47 bits per heavy atom. The van der Waals surface area contributed by atoms with Crippen LogP contribution in [0, 0.1) is 0 Å². The molecule has 3 aromatic carbocycles. The standard InChI is InChI=1S/C16H10.BH2O2/c1-2-8-13-12(7-1)14-9-3-5-11-6-4-10-15(13)16(11)14;2-1-3/h1-10H;2-3H. The highest BCUT2D eigenvalue weighted by Crippen LogP contribution is 2.46. The number of benzene rings is 3. The summed E-state index contributed by atoms with van der Waals surface area (Å²) in [5.74, 6) is 0. The van der Waals surface area contributed by atoms with E-state index in [0.29, 0.717) is 0 Å². The van der Waals surface area contributed by atoms with Crippen LogP contribution in [0.4, 0.5) is 0 Å². The van der Waals surface area contributed by atoms with Gasteiger partial charge >= 0.3 is 7.69 Å². The average Bonchev–Trinajstić information content (AvgIpc) is 2.78. The molecule has 91 valence electrons. The lowest BCUT2D eigenvalue weighted by atomic mass is 10.0. The zero-order chi connectivity index (χ0) is 13.2. The van der Waals surface area contributed by atoms with Gasteiger partial charge in [0.1, 0.15) is 0 Å². The maximum atomic E-state index is 7.00. The summed E-state index contributed by atoms with van der Waals surface area (Å²) in [5, 5.41) is 16.7. The molecule has 1 aliphatic rings. The Morgan fingerprint density at radius 2 is 1.00 bits per heavy atom. The Morgan fingerprint density at radius 1 is 0.579 bits per heavy atom. The van der Waals surface area contributed by atoms with E-state index < -0.39 is 0 Å². The number of rotatable bonds is 0. The van der Waals surface area contributed by atoms with E-state index in [4.69, 9.17) is 10.0 Å². The molecule has 0 spiro atoms. The number of hydrogen-bond acceptors (Lipinski definition) is 2. The van der Waals surface area contributed by atoms with Gasteiger partial charge in [0, 0.05) is 0 Å². The fourth-order valence-corrected chi connectivity index (χ4v) is 2.74. The van der Waals surface area contributed by atoms with Crippen LogP contribution >= 0.6 is 0 Å². The van der Waals surface area contributed by atoms with Crippen LogP contribution in [0.25, 0.3) is 33.0 Å². The number of fused-ring (bicyclic) bond motifs is 3. The average molecular weight is 247 g/mol. The van der Waals surface area contributed by atoms with Gasteiger partial charge in [-0.1, -0.05) is 60.7 Å². The predicted octanol–water partition coefficient (Wildman–Crippen LogP) is 2.99. The van der Waals surface area contributed by atoms with Crippen molar-refractivity contribution in [2.75, 3.05) is 0 Å². The van der Waals surface area contributed by atoms with Gasteiger partial charge in [-0.25, -0.2) is 0 Å². The van der Waals surface area contributed by atoms with Gasteiger partial charge in [0.25, 0.3) is 0 Å². The molecule has 1 aliphatic carbocycles. The minimum absolute atomic E-state index is 0. The van der Waals surface area contributed by atoms with Crippen molar-refractivity contribution in [2.24, 2.45) is 0 Å². The van der Waals surface area contributed by atoms with Gasteiger partial charge in [-0.15, -0.1) is 0 Å². The van der Waals surface area contributed by atoms with Crippen molar-refractivity contribution in [3.05, 3.63) is 60.7 Å². The van der Waals surface area contributed by atoms with Crippen molar-refractivity contribution in [3.8, 4) is 22.3 Å². The quantitative estimate of drug-likeness (QED) is 0.469. The van der Waals surface area contributed by atoms with E-state index in [9.17, 15) is 0 Å². The molecule has 19 heavy (non-hydrogen) atoms. The van der Waals surface area contributed by atoms with Crippen LogP contribution in [0.2, 0.25) is 0 Å². The van der Waals surface area contributed by atoms with Gasteiger partial charge < -0.3 is 10.0 Å². The van der Waals surface area contributed by atoms with Crippen molar-refractivity contribution in [1.29, 1.82) is 0 Å². The first-order valence-electron chi connectivity index (χ1n) is 6.08. The van der Waals surface area contributed by atoms with Crippen LogP contribution < -0.4 is 0 Å². The van der Waals surface area contributed by atoms with Crippen molar-refractivity contribution in [3.63, 3.8) is 0 Å². The summed E-state index contributed by atoms with van der Waals surface area (Å²) < 4.78 is 0. The van der Waals surface area contributed by atoms with E-state index in [1.807, 2.05) is 0 Å². The molecule has 0 aliphatic heterocycles. The molecule has 0 heterocycles. The van der Waals surface area contributed by atoms with Gasteiger partial charge in [0.2, 0.25) is 0 Å². The lowest BCUT2D eigenvalue weighted by molar-refractivity contribution is 0.448. The Bertz CT molecular complexity index is 680. The Kier molecular flexibility index (Phi) is 3.07. The second-order valence-corrected chi connectivity index (χ2v) is 4.37. The molecule has 2 nitrogen and oxygen atoms in total. The van der Waals surface area contributed by atoms with Crippen LogP contribution in [-0.2, 0) is 0 Å². The topological polar surface area (TPSA) is 40.5 Å². The predicted molar refractivity (Wildman–Crippen MR) is 78.6 cm³/mol. The maximum absolute atomic E-state index is 7.00. The molecule has 0 saturated heterocycles. The fraction of sp³-hybridized carbons (Fsp3) is 0. The molecule has 0 fully saturated rings. The highest BCUT2D eigenvalue weighted by molar-refractivity contribution is 6.15. The van der Waals surface area contributed by atoms with Crippen LogP contribution in [-0.4, -0.2) is 17.7 Å². The van der Waals surface area contributed by atoms with Crippen molar-refractivity contribution >= 4 is 18.5 Å². The Balaban J connectivity index is 0.000000339. The minimum atomic E-state index is 0. The van der Waals surface area contributed by atoms with Gasteiger partial charge in [-0.2, -0.15) is 0 Å². The lowest BCUT2D eigenvalue weighted by Gasteiger charge is -2.00. The monoisotopic (exact) mass is 247 g/mol. The summed E-state index contributed by atoms with van der Waals surface area (Å²) in [5.41, 5.74) is 5.50. The van der Waals surface area contributed by atoms with Crippen molar-refractivity contribution in [2.45, 2.75) is 0 Å². The molecule has 0 saturated carbocycles. The third-order valence-electron chi connectivity index (χ3n) is 3.41. The van der Waals surface area contributed by atoms with E-state index >= 15 is 0 Å². The molecule has 3 heteroatoms. The fourth-order valence-electron chi connectivity index (χ4n) is 2.74. The van der Waals surface area contributed by atoms with Gasteiger partial charge in [0.15, 0.2) is 0 Å². The molecule has 0 aromatic heterocycles. The molecule has 0 amide bonds. The largest absolute Gasteiger partial charge is 0.482 e. The van der Waals surface area contributed by atoms with E-state index in [1.54, 1.807) is 0 Å². The second-order valence-electron chi connectivity index (χ2n) is 4.37. The third-order valence-corrected chi connectivity index (χ3v) is 3.41. The van der Waals surface area contributed by atoms with Crippen LogP contribution in [0.3, 0.4) is 0 Å². The summed E-state index contributed by atoms with van der Waals surface area (Å²) in [7, 11) is 0. The van der Waals surface area contributed by atoms with E-state index in [1.165, 1.54) is 33.0 Å². The molecule has 0 unspecified atom stereocenters. The second kappa shape index (κ2) is 4.88. The molecular weight excluding hydrogens is 235 g/mol. The highest BCUT2D eigenvalue weighted by Gasteiger charge is 2.19. The Hall–Kier alpha value is -2.10. The minimum Gasteiger partial charge on any atom is -0.429 e. The summed E-state index contributed by atoms with van der Waals surface area (Å²) in [6.07, 6.45) is 0. The molecule has 0 bridgehead atoms. The molecule has 0 atom stereocenters.